The molecule has 0 amide bonds. The largest absolute Gasteiger partial charge is 0.348 e. The van der Waals surface area contributed by atoms with E-state index in [1.165, 1.54) is 0 Å². The first-order valence-corrected chi connectivity index (χ1v) is 4.57. The Hall–Kier alpha value is -0.610. The topological polar surface area (TPSA) is 34.1 Å². The van der Waals surface area contributed by atoms with Gasteiger partial charge in [0.1, 0.15) is 0 Å². The Bertz CT molecular complexity index is 152. The molecule has 0 aromatic carbocycles. The van der Waals surface area contributed by atoms with Crippen LogP contribution in [0.3, 0.4) is 0 Å². The van der Waals surface area contributed by atoms with E-state index in [4.69, 9.17) is 9.47 Å². The third kappa shape index (κ3) is 5.60. The quantitative estimate of drug-likeness (QED) is 0.358. The lowest BCUT2D eigenvalue weighted by atomic mass is 10.4. The average molecular weight is 188 g/mol. The maximum atomic E-state index is 5.37. The lowest BCUT2D eigenvalue weighted by molar-refractivity contribution is -0.0909. The highest BCUT2D eigenvalue weighted by atomic mass is 16.7. The molecular weight excluding hydrogens is 168 g/mol. The third-order valence-electron chi connectivity index (χ3n) is 1.33. The van der Waals surface area contributed by atoms with Crippen LogP contribution in [0.1, 0.15) is 20.8 Å². The molecule has 0 atom stereocenters. The molecule has 0 radical (unpaired) electrons. The molecule has 13 heavy (non-hydrogen) atoms. The summed E-state index contributed by atoms with van der Waals surface area (Å²) in [6, 6.07) is 0. The molecule has 0 aromatic rings. The Morgan fingerprint density at radius 1 is 1.23 bits per heavy atom. The van der Waals surface area contributed by atoms with E-state index in [1.54, 1.807) is 5.01 Å². The molecule has 0 spiro atoms. The highest BCUT2D eigenvalue weighted by Crippen LogP contribution is 1.99. The second-order valence-corrected chi connectivity index (χ2v) is 2.83. The van der Waals surface area contributed by atoms with Crippen molar-refractivity contribution in [1.82, 2.24) is 5.01 Å². The molecule has 0 N–H and O–H groups in total. The average Bonchev–Trinajstić information content (AvgIpc) is 2.02. The van der Waals surface area contributed by atoms with Crippen molar-refractivity contribution in [2.24, 2.45) is 5.10 Å². The Labute approximate surface area is 80.5 Å². The summed E-state index contributed by atoms with van der Waals surface area (Å²) in [6.07, 6.45) is -0.308. The van der Waals surface area contributed by atoms with Crippen LogP contribution in [-0.2, 0) is 9.47 Å². The fourth-order valence-corrected chi connectivity index (χ4v) is 0.955. The highest BCUT2D eigenvalue weighted by Gasteiger charge is 2.11. The summed E-state index contributed by atoms with van der Waals surface area (Å²) in [4.78, 5) is 0. The number of rotatable bonds is 6. The smallest absolute Gasteiger partial charge is 0.198 e. The number of hydrazone groups is 1. The van der Waals surface area contributed by atoms with Gasteiger partial charge in [0.25, 0.3) is 0 Å². The Kier molecular flexibility index (Phi) is 6.54. The summed E-state index contributed by atoms with van der Waals surface area (Å²) in [6.45, 7) is 7.04. The minimum absolute atomic E-state index is 0.308. The van der Waals surface area contributed by atoms with E-state index in [-0.39, 0.29) is 6.29 Å². The van der Waals surface area contributed by atoms with Crippen molar-refractivity contribution in [3.8, 4) is 0 Å². The standard InChI is InChI=1S/C9H20N2O2/c1-6-12-9(13-7-2)8(3)10-11(4)5/h9H,6-7H2,1-5H3/b10-8+. The van der Waals surface area contributed by atoms with Gasteiger partial charge >= 0.3 is 0 Å². The van der Waals surface area contributed by atoms with Crippen molar-refractivity contribution in [3.05, 3.63) is 0 Å². The van der Waals surface area contributed by atoms with E-state index >= 15 is 0 Å². The minimum Gasteiger partial charge on any atom is -0.348 e. The lowest BCUT2D eigenvalue weighted by Crippen LogP contribution is -2.27. The fourth-order valence-electron chi connectivity index (χ4n) is 0.955. The van der Waals surface area contributed by atoms with E-state index in [2.05, 4.69) is 5.10 Å². The van der Waals surface area contributed by atoms with Gasteiger partial charge in [-0.25, -0.2) is 0 Å². The Morgan fingerprint density at radius 2 is 1.69 bits per heavy atom. The molecule has 0 saturated heterocycles. The molecule has 78 valence electrons. The van der Waals surface area contributed by atoms with E-state index in [0.29, 0.717) is 13.2 Å². The second-order valence-electron chi connectivity index (χ2n) is 2.83. The maximum absolute atomic E-state index is 5.37. The van der Waals surface area contributed by atoms with Gasteiger partial charge in [-0.1, -0.05) is 0 Å². The van der Waals surface area contributed by atoms with Crippen LogP contribution < -0.4 is 0 Å². The van der Waals surface area contributed by atoms with Crippen LogP contribution in [-0.4, -0.2) is 44.3 Å². The van der Waals surface area contributed by atoms with Crippen LogP contribution in [0.15, 0.2) is 5.10 Å². The molecule has 4 heteroatoms. The number of hydrogen-bond acceptors (Lipinski definition) is 4. The van der Waals surface area contributed by atoms with Gasteiger partial charge in [0.05, 0.1) is 5.71 Å². The maximum Gasteiger partial charge on any atom is 0.198 e. The summed E-state index contributed by atoms with van der Waals surface area (Å²) < 4.78 is 10.7. The predicted octanol–water partition coefficient (Wildman–Crippen LogP) is 1.32. The van der Waals surface area contributed by atoms with E-state index < -0.39 is 0 Å². The van der Waals surface area contributed by atoms with E-state index in [1.807, 2.05) is 34.9 Å². The number of hydrogen-bond donors (Lipinski definition) is 0. The van der Waals surface area contributed by atoms with Crippen LogP contribution in [0, 0.1) is 0 Å². The molecule has 0 fully saturated rings. The zero-order valence-corrected chi connectivity index (χ0v) is 9.20. The van der Waals surface area contributed by atoms with E-state index in [0.717, 1.165) is 5.71 Å². The van der Waals surface area contributed by atoms with Crippen molar-refractivity contribution >= 4 is 5.71 Å². The van der Waals surface area contributed by atoms with Crippen LogP contribution in [0.4, 0.5) is 0 Å². The van der Waals surface area contributed by atoms with Crippen molar-refractivity contribution in [3.63, 3.8) is 0 Å². The molecule has 0 unspecified atom stereocenters. The predicted molar refractivity (Wildman–Crippen MR) is 53.8 cm³/mol. The van der Waals surface area contributed by atoms with Gasteiger partial charge in [-0.3, -0.25) is 0 Å². The summed E-state index contributed by atoms with van der Waals surface area (Å²) in [5, 5.41) is 5.95. The first-order chi connectivity index (χ1) is 6.11. The van der Waals surface area contributed by atoms with Gasteiger partial charge < -0.3 is 14.5 Å². The molecule has 0 rings (SSSR count). The minimum atomic E-state index is -0.308. The number of ether oxygens (including phenoxy) is 2. The van der Waals surface area contributed by atoms with Crippen molar-refractivity contribution in [1.29, 1.82) is 0 Å². The molecule has 4 nitrogen and oxygen atoms in total. The van der Waals surface area contributed by atoms with Crippen LogP contribution in [0.5, 0.6) is 0 Å². The monoisotopic (exact) mass is 188 g/mol. The first-order valence-electron chi connectivity index (χ1n) is 4.57. The van der Waals surface area contributed by atoms with Crippen LogP contribution >= 0.6 is 0 Å². The number of nitrogens with zero attached hydrogens (tertiary/aromatic N) is 2. The molecule has 0 aliphatic heterocycles. The first kappa shape index (κ1) is 12.4. The zero-order chi connectivity index (χ0) is 10.3. The van der Waals surface area contributed by atoms with Crippen molar-refractivity contribution in [2.75, 3.05) is 27.3 Å². The Morgan fingerprint density at radius 3 is 2.00 bits per heavy atom. The van der Waals surface area contributed by atoms with Crippen molar-refractivity contribution in [2.45, 2.75) is 27.1 Å². The van der Waals surface area contributed by atoms with Gasteiger partial charge in [0.15, 0.2) is 6.29 Å². The highest BCUT2D eigenvalue weighted by molar-refractivity contribution is 5.84. The third-order valence-corrected chi connectivity index (χ3v) is 1.33. The molecular formula is C9H20N2O2. The molecule has 0 saturated carbocycles. The van der Waals surface area contributed by atoms with Gasteiger partial charge in [-0.15, -0.1) is 0 Å². The summed E-state index contributed by atoms with van der Waals surface area (Å²) in [5.41, 5.74) is 0.841. The van der Waals surface area contributed by atoms with Crippen LogP contribution in [0.2, 0.25) is 0 Å². The summed E-state index contributed by atoms with van der Waals surface area (Å²) in [5.74, 6) is 0. The molecule has 0 heterocycles. The van der Waals surface area contributed by atoms with Gasteiger partial charge in [0, 0.05) is 27.3 Å². The lowest BCUT2D eigenvalue weighted by Gasteiger charge is -2.17. The second kappa shape index (κ2) is 6.86. The fraction of sp³-hybridized carbons (Fsp3) is 0.889. The van der Waals surface area contributed by atoms with Gasteiger partial charge in [0.2, 0.25) is 0 Å². The zero-order valence-electron chi connectivity index (χ0n) is 9.20. The Balaban J connectivity index is 4.17. The SMILES string of the molecule is CCOC(OCC)/C(C)=N/N(C)C. The molecule has 0 aliphatic carbocycles. The van der Waals surface area contributed by atoms with E-state index in [9.17, 15) is 0 Å². The van der Waals surface area contributed by atoms with Crippen molar-refractivity contribution < 1.29 is 9.47 Å². The molecule has 0 aromatic heterocycles. The summed E-state index contributed by atoms with van der Waals surface area (Å²) in [7, 11) is 3.75. The van der Waals surface area contributed by atoms with Gasteiger partial charge in [-0.05, 0) is 20.8 Å². The normalized spacial score (nSPS) is 12.3. The van der Waals surface area contributed by atoms with Crippen LogP contribution in [0.25, 0.3) is 0 Å². The molecule has 0 bridgehead atoms. The van der Waals surface area contributed by atoms with Gasteiger partial charge in [-0.2, -0.15) is 5.10 Å². The molecule has 0 aliphatic rings. The summed E-state index contributed by atoms with van der Waals surface area (Å²) >= 11 is 0.